The van der Waals surface area contributed by atoms with Gasteiger partial charge in [0.2, 0.25) is 0 Å². The summed E-state index contributed by atoms with van der Waals surface area (Å²) >= 11 is 6.06. The van der Waals surface area contributed by atoms with Crippen LogP contribution >= 0.6 is 11.6 Å². The van der Waals surface area contributed by atoms with E-state index in [1.54, 1.807) is 24.3 Å². The van der Waals surface area contributed by atoms with E-state index in [1.807, 2.05) is 26.0 Å². The number of aryl methyl sites for hydroxylation is 1. The smallest absolute Gasteiger partial charge is 0.265 e. The summed E-state index contributed by atoms with van der Waals surface area (Å²) < 4.78 is 5.93. The van der Waals surface area contributed by atoms with Gasteiger partial charge >= 0.3 is 0 Å². The molecule has 0 spiro atoms. The number of imide groups is 1. The van der Waals surface area contributed by atoms with Crippen LogP contribution in [-0.2, 0) is 6.54 Å². The lowest BCUT2D eigenvalue weighted by atomic mass is 10.1. The van der Waals surface area contributed by atoms with Crippen LogP contribution in [0.5, 0.6) is 5.75 Å². The van der Waals surface area contributed by atoms with Crippen molar-refractivity contribution >= 4 is 23.4 Å². The predicted molar refractivity (Wildman–Crippen MR) is 102 cm³/mol. The number of carbonyl (C=O) groups is 2. The Hall–Kier alpha value is -2.33. The second-order valence-electron chi connectivity index (χ2n) is 6.68. The van der Waals surface area contributed by atoms with E-state index in [0.717, 1.165) is 24.0 Å². The van der Waals surface area contributed by atoms with E-state index in [4.69, 9.17) is 16.3 Å². The highest BCUT2D eigenvalue weighted by atomic mass is 35.5. The molecule has 5 heteroatoms. The van der Waals surface area contributed by atoms with E-state index in [-0.39, 0.29) is 24.5 Å². The normalized spacial score (nSPS) is 14.5. The maximum absolute atomic E-state index is 12.9. The molecular weight excluding hydrogens is 350 g/mol. The molecule has 0 fully saturated rings. The Morgan fingerprint density at radius 3 is 2.62 bits per heavy atom. The number of fused-ring (bicyclic) bond motifs is 1. The van der Waals surface area contributed by atoms with Gasteiger partial charge in [-0.3, -0.25) is 14.5 Å². The lowest BCUT2D eigenvalue weighted by molar-refractivity contribution is 0.0640. The number of rotatable bonds is 6. The van der Waals surface area contributed by atoms with Crippen molar-refractivity contribution in [2.24, 2.45) is 0 Å². The molecule has 2 aromatic rings. The van der Waals surface area contributed by atoms with Crippen LogP contribution in [0.25, 0.3) is 0 Å². The summed E-state index contributed by atoms with van der Waals surface area (Å²) in [6, 6.07) is 10.7. The Morgan fingerprint density at radius 2 is 1.92 bits per heavy atom. The maximum Gasteiger partial charge on any atom is 0.265 e. The van der Waals surface area contributed by atoms with Crippen LogP contribution in [0.15, 0.2) is 36.4 Å². The topological polar surface area (TPSA) is 46.6 Å². The van der Waals surface area contributed by atoms with Crippen LogP contribution in [0.3, 0.4) is 0 Å². The zero-order chi connectivity index (χ0) is 18.8. The van der Waals surface area contributed by atoms with Crippen LogP contribution in [0, 0.1) is 6.92 Å². The van der Waals surface area contributed by atoms with Crippen LogP contribution in [0.2, 0.25) is 5.02 Å². The van der Waals surface area contributed by atoms with Gasteiger partial charge < -0.3 is 4.74 Å². The molecule has 0 bridgehead atoms. The monoisotopic (exact) mass is 371 g/mol. The van der Waals surface area contributed by atoms with Gasteiger partial charge in [0.1, 0.15) is 5.75 Å². The second kappa shape index (κ2) is 7.50. The number of nitrogens with zero attached hydrogens (tertiary/aromatic N) is 1. The maximum atomic E-state index is 12.9. The van der Waals surface area contributed by atoms with Gasteiger partial charge in [0, 0.05) is 5.02 Å². The third-order valence-corrected chi connectivity index (χ3v) is 4.97. The summed E-state index contributed by atoms with van der Waals surface area (Å²) in [5.41, 5.74) is 2.55. The zero-order valence-corrected chi connectivity index (χ0v) is 16.0. The number of amides is 2. The van der Waals surface area contributed by atoms with Gasteiger partial charge in [0.15, 0.2) is 0 Å². The molecule has 0 saturated heterocycles. The molecule has 1 aliphatic heterocycles. The number of hydrogen-bond acceptors (Lipinski definition) is 3. The minimum atomic E-state index is -0.308. The summed E-state index contributed by atoms with van der Waals surface area (Å²) in [5.74, 6) is -0.111. The van der Waals surface area contributed by atoms with Crippen molar-refractivity contribution in [1.29, 1.82) is 0 Å². The highest BCUT2D eigenvalue weighted by Gasteiger charge is 2.38. The summed E-state index contributed by atoms with van der Waals surface area (Å²) in [5, 5.41) is 0.664. The highest BCUT2D eigenvalue weighted by Crippen LogP contribution is 2.33. The molecule has 136 valence electrons. The lowest BCUT2D eigenvalue weighted by Gasteiger charge is -2.16. The summed E-state index contributed by atoms with van der Waals surface area (Å²) in [7, 11) is 0. The number of carbonyl (C=O) groups excluding carboxylic acids is 2. The fourth-order valence-electron chi connectivity index (χ4n) is 3.21. The predicted octanol–water partition coefficient (Wildman–Crippen LogP) is 5.01. The average molecular weight is 372 g/mol. The van der Waals surface area contributed by atoms with Crippen molar-refractivity contribution < 1.29 is 14.3 Å². The van der Waals surface area contributed by atoms with Gasteiger partial charge in [-0.15, -0.1) is 0 Å². The number of halogens is 1. The van der Waals surface area contributed by atoms with E-state index in [1.165, 1.54) is 4.90 Å². The Morgan fingerprint density at radius 1 is 1.15 bits per heavy atom. The van der Waals surface area contributed by atoms with E-state index in [2.05, 4.69) is 6.92 Å². The van der Waals surface area contributed by atoms with Crippen molar-refractivity contribution in [1.82, 2.24) is 4.90 Å². The Balaban J connectivity index is 1.88. The first kappa shape index (κ1) is 18.5. The Kier molecular flexibility index (Phi) is 5.33. The first-order valence-corrected chi connectivity index (χ1v) is 9.21. The van der Waals surface area contributed by atoms with Crippen molar-refractivity contribution in [3.8, 4) is 5.75 Å². The van der Waals surface area contributed by atoms with Gasteiger partial charge in [0.05, 0.1) is 23.8 Å². The quantitative estimate of drug-likeness (QED) is 0.670. The van der Waals surface area contributed by atoms with Crippen molar-refractivity contribution in [2.45, 2.75) is 46.3 Å². The first-order chi connectivity index (χ1) is 12.4. The van der Waals surface area contributed by atoms with Crippen LogP contribution in [-0.4, -0.2) is 22.8 Å². The van der Waals surface area contributed by atoms with Crippen LogP contribution in [0.4, 0.5) is 0 Å². The molecule has 1 unspecified atom stereocenters. The molecule has 0 radical (unpaired) electrons. The Bertz CT molecular complexity index is 862. The van der Waals surface area contributed by atoms with Crippen LogP contribution in [0.1, 0.15) is 58.5 Å². The number of hydrogen-bond donors (Lipinski definition) is 0. The van der Waals surface area contributed by atoms with Gasteiger partial charge in [-0.2, -0.15) is 0 Å². The fourth-order valence-corrected chi connectivity index (χ4v) is 3.33. The molecule has 0 aromatic heterocycles. The van der Waals surface area contributed by atoms with Crippen molar-refractivity contribution in [3.63, 3.8) is 0 Å². The van der Waals surface area contributed by atoms with Crippen molar-refractivity contribution in [2.75, 3.05) is 0 Å². The number of benzene rings is 2. The summed E-state index contributed by atoms with van der Waals surface area (Å²) in [6.07, 6.45) is 1.87. The van der Waals surface area contributed by atoms with E-state index in [0.29, 0.717) is 21.9 Å². The standard InChI is InChI=1S/C21H22ClNO3/c1-4-6-14(3)26-18-8-5-7-16-19(18)21(25)23(20(16)24)12-15-9-10-17(22)13(2)11-15/h5,7-11,14H,4,6,12H2,1-3H3. The molecule has 0 N–H and O–H groups in total. The Labute approximate surface area is 158 Å². The minimum absolute atomic E-state index is 0.0117. The molecule has 2 amide bonds. The first-order valence-electron chi connectivity index (χ1n) is 8.83. The fraction of sp³-hybridized carbons (Fsp3) is 0.333. The molecule has 2 aromatic carbocycles. The molecule has 1 heterocycles. The molecule has 0 aliphatic carbocycles. The molecule has 0 saturated carbocycles. The minimum Gasteiger partial charge on any atom is -0.490 e. The third kappa shape index (κ3) is 3.47. The van der Waals surface area contributed by atoms with E-state index < -0.39 is 0 Å². The highest BCUT2D eigenvalue weighted by molar-refractivity contribution is 6.31. The number of ether oxygens (including phenoxy) is 1. The van der Waals surface area contributed by atoms with E-state index >= 15 is 0 Å². The third-order valence-electron chi connectivity index (χ3n) is 4.55. The van der Waals surface area contributed by atoms with Crippen LogP contribution < -0.4 is 4.74 Å². The van der Waals surface area contributed by atoms with Crippen molar-refractivity contribution in [3.05, 3.63) is 63.7 Å². The van der Waals surface area contributed by atoms with Gasteiger partial charge in [0.25, 0.3) is 11.8 Å². The van der Waals surface area contributed by atoms with Gasteiger partial charge in [-0.05, 0) is 49.6 Å². The molecule has 3 rings (SSSR count). The second-order valence-corrected chi connectivity index (χ2v) is 7.08. The van der Waals surface area contributed by atoms with Gasteiger partial charge in [-0.1, -0.05) is 43.1 Å². The SMILES string of the molecule is CCCC(C)Oc1cccc2c1C(=O)N(Cc1ccc(Cl)c(C)c1)C2=O. The average Bonchev–Trinajstić information content (AvgIpc) is 2.84. The largest absolute Gasteiger partial charge is 0.490 e. The molecule has 26 heavy (non-hydrogen) atoms. The molecule has 1 atom stereocenters. The zero-order valence-electron chi connectivity index (χ0n) is 15.2. The summed E-state index contributed by atoms with van der Waals surface area (Å²) in [6.45, 7) is 6.17. The molecule has 1 aliphatic rings. The molecule has 4 nitrogen and oxygen atoms in total. The van der Waals surface area contributed by atoms with Gasteiger partial charge in [-0.25, -0.2) is 0 Å². The summed E-state index contributed by atoms with van der Waals surface area (Å²) in [4.78, 5) is 26.9. The lowest BCUT2D eigenvalue weighted by Crippen LogP contribution is -2.29. The van der Waals surface area contributed by atoms with E-state index in [9.17, 15) is 9.59 Å². The molecular formula is C21H22ClNO3.